The van der Waals surface area contributed by atoms with Gasteiger partial charge in [-0.2, -0.15) is 0 Å². The highest BCUT2D eigenvalue weighted by Gasteiger charge is 2.19. The van der Waals surface area contributed by atoms with Crippen molar-refractivity contribution in [1.29, 1.82) is 0 Å². The maximum absolute atomic E-state index is 13.6. The normalized spacial score (nSPS) is 10.3. The Hall–Kier alpha value is -2.21. The summed E-state index contributed by atoms with van der Waals surface area (Å²) in [6.07, 6.45) is 1.20. The number of nitrogens with zero attached hydrogens (tertiary/aromatic N) is 2. The minimum atomic E-state index is -0.787. The van der Waals surface area contributed by atoms with Gasteiger partial charge in [0.05, 0.1) is 9.95 Å². The Labute approximate surface area is 112 Å². The molecule has 0 radical (unpaired) electrons. The third-order valence-corrected chi connectivity index (χ3v) is 2.57. The number of para-hydroxylation sites is 1. The van der Waals surface area contributed by atoms with Crippen molar-refractivity contribution in [2.24, 2.45) is 0 Å². The van der Waals surface area contributed by atoms with E-state index in [4.69, 9.17) is 16.3 Å². The molecule has 5 nitrogen and oxygen atoms in total. The highest BCUT2D eigenvalue weighted by molar-refractivity contribution is 6.30. The number of ether oxygens (including phenoxy) is 1. The molecule has 0 atom stereocenters. The van der Waals surface area contributed by atoms with Crippen LogP contribution in [0.2, 0.25) is 5.02 Å². The van der Waals surface area contributed by atoms with Crippen LogP contribution in [0, 0.1) is 22.9 Å². The highest BCUT2D eigenvalue weighted by atomic mass is 35.5. The van der Waals surface area contributed by atoms with Gasteiger partial charge in [-0.15, -0.1) is 0 Å². The SMILES string of the molecule is Cc1cccc([N+](=O)[O-])c1Oc1ncc(Cl)cc1F. The average molecular weight is 283 g/mol. The van der Waals surface area contributed by atoms with Gasteiger partial charge >= 0.3 is 5.69 Å². The summed E-state index contributed by atoms with van der Waals surface area (Å²) in [5.41, 5.74) is 0.251. The van der Waals surface area contributed by atoms with Crippen LogP contribution in [0.4, 0.5) is 10.1 Å². The van der Waals surface area contributed by atoms with Crippen molar-refractivity contribution >= 4 is 17.3 Å². The van der Waals surface area contributed by atoms with Crippen LogP contribution in [0.25, 0.3) is 0 Å². The van der Waals surface area contributed by atoms with Crippen molar-refractivity contribution in [3.8, 4) is 11.6 Å². The van der Waals surface area contributed by atoms with E-state index in [0.717, 1.165) is 6.07 Å². The summed E-state index contributed by atoms with van der Waals surface area (Å²) in [4.78, 5) is 14.0. The summed E-state index contributed by atoms with van der Waals surface area (Å²) in [6.45, 7) is 1.62. The molecular weight excluding hydrogens is 275 g/mol. The first-order valence-corrected chi connectivity index (χ1v) is 5.59. The second-order valence-electron chi connectivity index (χ2n) is 3.72. The van der Waals surface area contributed by atoms with Gasteiger partial charge in [0.2, 0.25) is 5.75 Å². The van der Waals surface area contributed by atoms with Crippen molar-refractivity contribution in [1.82, 2.24) is 4.98 Å². The first kappa shape index (κ1) is 13.2. The zero-order valence-corrected chi connectivity index (χ0v) is 10.5. The fraction of sp³-hybridized carbons (Fsp3) is 0.0833. The molecule has 98 valence electrons. The fourth-order valence-electron chi connectivity index (χ4n) is 1.49. The Morgan fingerprint density at radius 2 is 2.21 bits per heavy atom. The first-order chi connectivity index (χ1) is 8.99. The number of halogens is 2. The maximum atomic E-state index is 13.6. The number of pyridine rings is 1. The summed E-state index contributed by atoms with van der Waals surface area (Å²) in [5.74, 6) is -1.19. The zero-order chi connectivity index (χ0) is 14.0. The predicted octanol–water partition coefficient (Wildman–Crippen LogP) is 3.88. The largest absolute Gasteiger partial charge is 0.429 e. The van der Waals surface area contributed by atoms with E-state index in [2.05, 4.69) is 4.98 Å². The van der Waals surface area contributed by atoms with Gasteiger partial charge < -0.3 is 4.74 Å². The van der Waals surface area contributed by atoms with Crippen molar-refractivity contribution < 1.29 is 14.1 Å². The summed E-state index contributed by atoms with van der Waals surface area (Å²) < 4.78 is 18.8. The summed E-state index contributed by atoms with van der Waals surface area (Å²) in [5, 5.41) is 11.0. The topological polar surface area (TPSA) is 65.3 Å². The molecule has 0 spiro atoms. The van der Waals surface area contributed by atoms with Crippen LogP contribution in [0.15, 0.2) is 30.5 Å². The third kappa shape index (κ3) is 2.79. The van der Waals surface area contributed by atoms with E-state index in [0.29, 0.717) is 5.56 Å². The van der Waals surface area contributed by atoms with E-state index < -0.39 is 10.7 Å². The van der Waals surface area contributed by atoms with Gasteiger partial charge in [0.25, 0.3) is 5.88 Å². The van der Waals surface area contributed by atoms with E-state index in [9.17, 15) is 14.5 Å². The van der Waals surface area contributed by atoms with E-state index in [1.807, 2.05) is 0 Å². The van der Waals surface area contributed by atoms with Crippen molar-refractivity contribution in [3.63, 3.8) is 0 Å². The molecule has 0 unspecified atom stereocenters. The number of nitro benzene ring substituents is 1. The van der Waals surface area contributed by atoms with Crippen molar-refractivity contribution in [3.05, 3.63) is 57.0 Å². The number of aromatic nitrogens is 1. The van der Waals surface area contributed by atoms with Gasteiger partial charge in [0, 0.05) is 12.3 Å². The number of nitro groups is 1. The molecule has 0 bridgehead atoms. The molecule has 0 amide bonds. The second kappa shape index (κ2) is 5.19. The van der Waals surface area contributed by atoms with Crippen LogP contribution < -0.4 is 4.74 Å². The molecule has 0 aliphatic heterocycles. The molecule has 2 rings (SSSR count). The molecular formula is C12H8ClFN2O3. The lowest BCUT2D eigenvalue weighted by Crippen LogP contribution is -1.98. The Morgan fingerprint density at radius 1 is 1.47 bits per heavy atom. The number of benzene rings is 1. The van der Waals surface area contributed by atoms with Gasteiger partial charge in [0.1, 0.15) is 0 Å². The molecule has 2 aromatic rings. The number of hydrogen-bond acceptors (Lipinski definition) is 4. The van der Waals surface area contributed by atoms with Crippen LogP contribution in [-0.2, 0) is 0 Å². The zero-order valence-electron chi connectivity index (χ0n) is 9.76. The fourth-order valence-corrected chi connectivity index (χ4v) is 1.63. The van der Waals surface area contributed by atoms with Gasteiger partial charge in [-0.1, -0.05) is 23.7 Å². The molecule has 7 heteroatoms. The number of rotatable bonds is 3. The Kier molecular flexibility index (Phi) is 3.62. The van der Waals surface area contributed by atoms with E-state index in [1.165, 1.54) is 18.3 Å². The lowest BCUT2D eigenvalue weighted by atomic mass is 10.2. The van der Waals surface area contributed by atoms with Crippen molar-refractivity contribution in [2.75, 3.05) is 0 Å². The van der Waals surface area contributed by atoms with Crippen molar-refractivity contribution in [2.45, 2.75) is 6.92 Å². The van der Waals surface area contributed by atoms with E-state index in [-0.39, 0.29) is 22.3 Å². The van der Waals surface area contributed by atoms with Crippen LogP contribution in [-0.4, -0.2) is 9.91 Å². The second-order valence-corrected chi connectivity index (χ2v) is 4.16. The minimum absolute atomic E-state index is 0.0405. The smallest absolute Gasteiger partial charge is 0.311 e. The standard InChI is InChI=1S/C12H8ClFN2O3/c1-7-3-2-4-10(16(17)18)11(7)19-12-9(14)5-8(13)6-15-12/h2-6H,1H3. The number of aryl methyl sites for hydroxylation is 1. The molecule has 0 aliphatic rings. The Bertz CT molecular complexity index is 649. The molecule has 1 aromatic heterocycles. The molecule has 0 aliphatic carbocycles. The predicted molar refractivity (Wildman–Crippen MR) is 67.1 cm³/mol. The average Bonchev–Trinajstić information content (AvgIpc) is 2.34. The monoisotopic (exact) mass is 282 g/mol. The summed E-state index contributed by atoms with van der Waals surface area (Å²) >= 11 is 5.57. The molecule has 19 heavy (non-hydrogen) atoms. The van der Waals surface area contributed by atoms with Gasteiger partial charge in [-0.3, -0.25) is 10.1 Å². The maximum Gasteiger partial charge on any atom is 0.311 e. The van der Waals surface area contributed by atoms with Gasteiger partial charge in [0.15, 0.2) is 5.82 Å². The summed E-state index contributed by atoms with van der Waals surface area (Å²) in [6, 6.07) is 5.44. The quantitative estimate of drug-likeness (QED) is 0.633. The molecule has 0 N–H and O–H groups in total. The molecule has 0 saturated carbocycles. The van der Waals surface area contributed by atoms with E-state index >= 15 is 0 Å². The lowest BCUT2D eigenvalue weighted by Gasteiger charge is -2.08. The molecule has 1 aromatic carbocycles. The van der Waals surface area contributed by atoms with Crippen LogP contribution in [0.5, 0.6) is 11.6 Å². The molecule has 1 heterocycles. The lowest BCUT2D eigenvalue weighted by molar-refractivity contribution is -0.385. The van der Waals surface area contributed by atoms with E-state index in [1.54, 1.807) is 13.0 Å². The Balaban J connectivity index is 2.46. The van der Waals surface area contributed by atoms with Gasteiger partial charge in [-0.05, 0) is 18.6 Å². The first-order valence-electron chi connectivity index (χ1n) is 5.22. The van der Waals surface area contributed by atoms with Crippen LogP contribution in [0.3, 0.4) is 0 Å². The van der Waals surface area contributed by atoms with Crippen LogP contribution in [0.1, 0.15) is 5.56 Å². The highest BCUT2D eigenvalue weighted by Crippen LogP contribution is 2.34. The third-order valence-electron chi connectivity index (χ3n) is 2.36. The van der Waals surface area contributed by atoms with Gasteiger partial charge in [-0.25, -0.2) is 9.37 Å². The number of hydrogen-bond donors (Lipinski definition) is 0. The van der Waals surface area contributed by atoms with Crippen LogP contribution >= 0.6 is 11.6 Å². The molecule has 0 fully saturated rings. The Morgan fingerprint density at radius 3 is 2.84 bits per heavy atom. The molecule has 0 saturated heterocycles. The summed E-state index contributed by atoms with van der Waals surface area (Å²) in [7, 11) is 0. The minimum Gasteiger partial charge on any atom is -0.429 e.